The highest BCUT2D eigenvalue weighted by Crippen LogP contribution is 2.34. The third-order valence-electron chi connectivity index (χ3n) is 4.99. The van der Waals surface area contributed by atoms with E-state index in [-0.39, 0.29) is 5.69 Å². The highest BCUT2D eigenvalue weighted by atomic mass is 32.1. The van der Waals surface area contributed by atoms with Crippen molar-refractivity contribution in [2.75, 3.05) is 11.4 Å². The minimum absolute atomic E-state index is 0.127. The van der Waals surface area contributed by atoms with Gasteiger partial charge in [0.05, 0.1) is 17.0 Å². The summed E-state index contributed by atoms with van der Waals surface area (Å²) in [6, 6.07) is 14.5. The van der Waals surface area contributed by atoms with Crippen LogP contribution in [0, 0.1) is 0 Å². The lowest BCUT2D eigenvalue weighted by atomic mass is 10.0. The zero-order valence-electron chi connectivity index (χ0n) is 19.9. The molecule has 3 aromatic rings. The second-order valence-electron chi connectivity index (χ2n) is 9.02. The molecule has 0 fully saturated rings. The van der Waals surface area contributed by atoms with Crippen molar-refractivity contribution in [2.45, 2.75) is 38.5 Å². The predicted molar refractivity (Wildman–Crippen MR) is 133 cm³/mol. The minimum atomic E-state index is -4.66. The van der Waals surface area contributed by atoms with Crippen LogP contribution in [0.2, 0.25) is 0 Å². The fraction of sp³-hybridized carbons (Fsp3) is 0.269. The highest BCUT2D eigenvalue weighted by Gasteiger charge is 2.36. The van der Waals surface area contributed by atoms with E-state index in [1.54, 1.807) is 68.6 Å². The molecule has 0 radical (unpaired) electrons. The van der Waals surface area contributed by atoms with Gasteiger partial charge in [-0.25, -0.2) is 0 Å². The summed E-state index contributed by atoms with van der Waals surface area (Å²) < 4.78 is 40.5. The smallest absolute Gasteiger partial charge is 0.349 e. The monoisotopic (exact) mass is 517 g/mol. The molecule has 3 amide bonds. The Kier molecular flexibility index (Phi) is 8.19. The molecule has 0 bridgehead atoms. The molecular weight excluding hydrogens is 491 g/mol. The first kappa shape index (κ1) is 26.9. The molecule has 3 rings (SSSR count). The van der Waals surface area contributed by atoms with Crippen molar-refractivity contribution in [1.82, 2.24) is 10.6 Å². The molecule has 10 heteroatoms. The van der Waals surface area contributed by atoms with Crippen molar-refractivity contribution in [3.05, 3.63) is 88.1 Å². The van der Waals surface area contributed by atoms with Crippen LogP contribution in [0.5, 0.6) is 0 Å². The van der Waals surface area contributed by atoms with Crippen LogP contribution >= 0.6 is 11.3 Å². The van der Waals surface area contributed by atoms with Crippen molar-refractivity contribution in [3.63, 3.8) is 0 Å². The van der Waals surface area contributed by atoms with E-state index in [0.29, 0.717) is 10.4 Å². The molecule has 1 heterocycles. The second kappa shape index (κ2) is 10.9. The van der Waals surface area contributed by atoms with E-state index < -0.39 is 47.6 Å². The normalized spacial score (nSPS) is 12.5. The van der Waals surface area contributed by atoms with Crippen molar-refractivity contribution in [2.24, 2.45) is 0 Å². The van der Waals surface area contributed by atoms with Crippen molar-refractivity contribution in [1.29, 1.82) is 0 Å². The maximum atomic E-state index is 13.5. The molecule has 0 aliphatic rings. The molecule has 0 aliphatic carbocycles. The Morgan fingerprint density at radius 3 is 2.22 bits per heavy atom. The Hall–Kier alpha value is -3.66. The Bertz CT molecular complexity index is 1210. The molecule has 2 N–H and O–H groups in total. The second-order valence-corrected chi connectivity index (χ2v) is 9.97. The molecule has 1 unspecified atom stereocenters. The predicted octanol–water partition coefficient (Wildman–Crippen LogP) is 5.19. The first-order chi connectivity index (χ1) is 16.9. The summed E-state index contributed by atoms with van der Waals surface area (Å²) in [5, 5.41) is 7.02. The van der Waals surface area contributed by atoms with Gasteiger partial charge in [0.25, 0.3) is 5.91 Å². The molecule has 0 saturated heterocycles. The number of carbonyl (C=O) groups excluding carboxylic acids is 3. The van der Waals surface area contributed by atoms with Gasteiger partial charge in [-0.1, -0.05) is 42.5 Å². The Morgan fingerprint density at radius 2 is 1.64 bits per heavy atom. The van der Waals surface area contributed by atoms with Crippen LogP contribution in [0.25, 0.3) is 0 Å². The lowest BCUT2D eigenvalue weighted by molar-refractivity contribution is -0.137. The number of benzene rings is 2. The maximum absolute atomic E-state index is 13.5. The van der Waals surface area contributed by atoms with E-state index in [9.17, 15) is 27.6 Å². The van der Waals surface area contributed by atoms with Crippen molar-refractivity contribution < 1.29 is 27.6 Å². The number of nitrogens with zero attached hydrogens (tertiary/aromatic N) is 1. The van der Waals surface area contributed by atoms with Crippen LogP contribution in [-0.4, -0.2) is 29.8 Å². The van der Waals surface area contributed by atoms with Gasteiger partial charge in [0.2, 0.25) is 11.8 Å². The van der Waals surface area contributed by atoms with Gasteiger partial charge in [-0.15, -0.1) is 11.3 Å². The first-order valence-electron chi connectivity index (χ1n) is 11.0. The number of alkyl halides is 3. The van der Waals surface area contributed by atoms with Crippen LogP contribution < -0.4 is 15.5 Å². The number of carbonyl (C=O) groups is 3. The molecule has 6 nitrogen and oxygen atoms in total. The summed E-state index contributed by atoms with van der Waals surface area (Å²) >= 11 is 1.18. The summed E-state index contributed by atoms with van der Waals surface area (Å²) in [4.78, 5) is 40.8. The van der Waals surface area contributed by atoms with Gasteiger partial charge in [-0.2, -0.15) is 13.2 Å². The standard InChI is InChI=1S/C26H26F3N3O3S/c1-25(2,3)31-24(35)22(17-9-5-4-6-10-17)32(19-12-7-11-18(15-19)26(27,28)29)21(33)16-30-23(34)20-13-8-14-36-20/h4-15,22H,16H2,1-3H3,(H,30,34)(H,31,35). The number of anilines is 1. The fourth-order valence-corrected chi connectivity index (χ4v) is 4.14. The Labute approximate surface area is 211 Å². The Balaban J connectivity index is 2.07. The summed E-state index contributed by atoms with van der Waals surface area (Å²) in [5.41, 5.74) is -1.38. The molecular formula is C26H26F3N3O3S. The summed E-state index contributed by atoms with van der Waals surface area (Å²) in [6.45, 7) is 4.74. The van der Waals surface area contributed by atoms with E-state index in [4.69, 9.17) is 0 Å². The van der Waals surface area contributed by atoms with Crippen LogP contribution in [0.3, 0.4) is 0 Å². The number of halogens is 3. The van der Waals surface area contributed by atoms with Crippen molar-refractivity contribution in [3.8, 4) is 0 Å². The molecule has 1 aromatic heterocycles. The largest absolute Gasteiger partial charge is 0.416 e. The summed E-state index contributed by atoms with van der Waals surface area (Å²) in [5.74, 6) is -1.83. The number of rotatable bonds is 7. The van der Waals surface area contributed by atoms with E-state index >= 15 is 0 Å². The van der Waals surface area contributed by atoms with Gasteiger partial charge in [-0.05, 0) is 56.0 Å². The van der Waals surface area contributed by atoms with Gasteiger partial charge in [0.15, 0.2) is 0 Å². The van der Waals surface area contributed by atoms with E-state index in [0.717, 1.165) is 17.0 Å². The number of amides is 3. The average Bonchev–Trinajstić information content (AvgIpc) is 3.35. The number of hydrogen-bond acceptors (Lipinski definition) is 4. The molecule has 0 spiro atoms. The number of nitrogens with one attached hydrogen (secondary N) is 2. The fourth-order valence-electron chi connectivity index (χ4n) is 3.50. The summed E-state index contributed by atoms with van der Waals surface area (Å²) in [6.07, 6.45) is -4.66. The highest BCUT2D eigenvalue weighted by molar-refractivity contribution is 7.12. The molecule has 0 aliphatic heterocycles. The van der Waals surface area contributed by atoms with Gasteiger partial charge in [-0.3, -0.25) is 19.3 Å². The first-order valence-corrected chi connectivity index (χ1v) is 11.9. The lowest BCUT2D eigenvalue weighted by Crippen LogP contribution is -2.51. The lowest BCUT2D eigenvalue weighted by Gasteiger charge is -2.34. The molecule has 0 saturated carbocycles. The zero-order valence-corrected chi connectivity index (χ0v) is 20.7. The molecule has 36 heavy (non-hydrogen) atoms. The summed E-state index contributed by atoms with van der Waals surface area (Å²) in [7, 11) is 0. The van der Waals surface area contributed by atoms with Gasteiger partial charge >= 0.3 is 6.18 Å². The molecule has 190 valence electrons. The van der Waals surface area contributed by atoms with Crippen LogP contribution in [0.1, 0.15) is 47.6 Å². The SMILES string of the molecule is CC(C)(C)NC(=O)C(c1ccccc1)N(C(=O)CNC(=O)c1cccs1)c1cccc(C(F)(F)F)c1. The van der Waals surface area contributed by atoms with E-state index in [1.165, 1.54) is 23.5 Å². The quantitative estimate of drug-likeness (QED) is 0.453. The molecule has 1 atom stereocenters. The van der Waals surface area contributed by atoms with E-state index in [1.807, 2.05) is 0 Å². The van der Waals surface area contributed by atoms with Gasteiger partial charge < -0.3 is 10.6 Å². The average molecular weight is 518 g/mol. The molecule has 2 aromatic carbocycles. The third-order valence-corrected chi connectivity index (χ3v) is 5.85. The van der Waals surface area contributed by atoms with Crippen LogP contribution in [0.15, 0.2) is 72.1 Å². The topological polar surface area (TPSA) is 78.5 Å². The minimum Gasteiger partial charge on any atom is -0.349 e. The van der Waals surface area contributed by atoms with Gasteiger partial charge in [0.1, 0.15) is 6.04 Å². The van der Waals surface area contributed by atoms with Gasteiger partial charge in [0, 0.05) is 11.2 Å². The maximum Gasteiger partial charge on any atom is 0.416 e. The Morgan fingerprint density at radius 1 is 0.944 bits per heavy atom. The van der Waals surface area contributed by atoms with Crippen LogP contribution in [0.4, 0.5) is 18.9 Å². The number of hydrogen-bond donors (Lipinski definition) is 2. The number of thiophene rings is 1. The van der Waals surface area contributed by atoms with Crippen molar-refractivity contribution >= 4 is 34.7 Å². The van der Waals surface area contributed by atoms with E-state index in [2.05, 4.69) is 10.6 Å². The third kappa shape index (κ3) is 6.94. The zero-order chi connectivity index (χ0) is 26.5. The van der Waals surface area contributed by atoms with Crippen LogP contribution in [-0.2, 0) is 15.8 Å².